The van der Waals surface area contributed by atoms with Crippen molar-refractivity contribution in [3.63, 3.8) is 0 Å². The molecule has 0 aliphatic heterocycles. The van der Waals surface area contributed by atoms with E-state index < -0.39 is 11.4 Å². The first kappa shape index (κ1) is 49.9. The zero-order valence-corrected chi connectivity index (χ0v) is 38.4. The number of aliphatic hydroxyl groups excluding tert-OH is 2. The summed E-state index contributed by atoms with van der Waals surface area (Å²) in [5, 5.41) is 20.7. The third-order valence-electron chi connectivity index (χ3n) is 12.7. The molecule has 0 saturated heterocycles. The van der Waals surface area contributed by atoms with Gasteiger partial charge in [-0.2, -0.15) is 0 Å². The number of aryl methyl sites for hydroxylation is 3. The minimum atomic E-state index is -0.617. The Kier molecular flexibility index (Phi) is 21.2. The number of hydrogen-bond acceptors (Lipinski definition) is 6. The number of hydrogen-bond donors (Lipinski definition) is 2. The van der Waals surface area contributed by atoms with Gasteiger partial charge in [-0.1, -0.05) is 108 Å². The summed E-state index contributed by atoms with van der Waals surface area (Å²) in [7, 11) is 0. The van der Waals surface area contributed by atoms with Gasteiger partial charge >= 0.3 is 5.97 Å². The molecule has 4 rings (SSSR count). The number of benzene rings is 3. The fourth-order valence-corrected chi connectivity index (χ4v) is 8.86. The van der Waals surface area contributed by atoms with Crippen molar-refractivity contribution in [1.29, 1.82) is 0 Å². The molecule has 3 aromatic rings. The number of carbonyl (C=O) groups excluding carboxylic acids is 1. The van der Waals surface area contributed by atoms with Crippen LogP contribution in [0.5, 0.6) is 5.75 Å². The van der Waals surface area contributed by atoms with Gasteiger partial charge in [-0.05, 0) is 153 Å². The maximum Gasteiger partial charge on any atom is 0.333 e. The van der Waals surface area contributed by atoms with Crippen molar-refractivity contribution in [2.24, 2.45) is 11.3 Å². The number of carbonyl (C=O) groups is 1. The molecule has 0 radical (unpaired) electrons. The van der Waals surface area contributed by atoms with Crippen molar-refractivity contribution in [1.82, 2.24) is 0 Å². The second-order valence-corrected chi connectivity index (χ2v) is 18.0. The molecule has 1 aliphatic rings. The Labute approximate surface area is 368 Å². The van der Waals surface area contributed by atoms with Crippen LogP contribution in [0.4, 0.5) is 4.39 Å². The fourth-order valence-electron chi connectivity index (χ4n) is 8.86. The second-order valence-electron chi connectivity index (χ2n) is 18.0. The van der Waals surface area contributed by atoms with Gasteiger partial charge in [-0.15, -0.1) is 0 Å². The molecule has 6 nitrogen and oxygen atoms in total. The summed E-state index contributed by atoms with van der Waals surface area (Å²) in [4.78, 5) is 12.2. The highest BCUT2D eigenvalue weighted by molar-refractivity contribution is 5.86. The third-order valence-corrected chi connectivity index (χ3v) is 12.7. The maximum absolute atomic E-state index is 16.0. The topological polar surface area (TPSA) is 85.2 Å². The molecular weight excluding hydrogens is 764 g/mol. The van der Waals surface area contributed by atoms with Crippen LogP contribution in [0.2, 0.25) is 0 Å². The number of esters is 1. The molecule has 61 heavy (non-hydrogen) atoms. The molecule has 0 spiro atoms. The van der Waals surface area contributed by atoms with Gasteiger partial charge in [0.1, 0.15) is 11.6 Å². The molecule has 1 aliphatic carbocycles. The van der Waals surface area contributed by atoms with Gasteiger partial charge in [-0.25, -0.2) is 9.18 Å². The lowest BCUT2D eigenvalue weighted by Gasteiger charge is -2.30. The Balaban J connectivity index is 1.66. The van der Waals surface area contributed by atoms with Gasteiger partial charge in [-0.3, -0.25) is 0 Å². The monoisotopic (exact) mass is 841 g/mol. The Morgan fingerprint density at radius 1 is 0.754 bits per heavy atom. The van der Waals surface area contributed by atoms with Gasteiger partial charge in [0, 0.05) is 23.2 Å². The first-order valence-corrected chi connectivity index (χ1v) is 23.5. The Hall–Kier alpha value is -3.78. The van der Waals surface area contributed by atoms with E-state index in [9.17, 15) is 15.0 Å². The fraction of sp³-hybridized carbons (Fsp3) is 0.574. The van der Waals surface area contributed by atoms with Crippen LogP contribution >= 0.6 is 0 Å². The van der Waals surface area contributed by atoms with Crippen molar-refractivity contribution >= 4 is 5.97 Å². The molecule has 1 fully saturated rings. The first-order valence-electron chi connectivity index (χ1n) is 23.5. The van der Waals surface area contributed by atoms with E-state index in [1.165, 1.54) is 38.5 Å². The highest BCUT2D eigenvalue weighted by Gasteiger charge is 2.29. The van der Waals surface area contributed by atoms with E-state index in [0.717, 1.165) is 101 Å². The lowest BCUT2D eigenvalue weighted by Crippen LogP contribution is -2.32. The number of aliphatic hydroxyl groups is 2. The van der Waals surface area contributed by atoms with Crippen LogP contribution in [-0.4, -0.2) is 55.8 Å². The average molecular weight is 841 g/mol. The minimum absolute atomic E-state index is 0.107. The Bertz CT molecular complexity index is 1840. The highest BCUT2D eigenvalue weighted by atomic mass is 19.1. The Morgan fingerprint density at radius 3 is 2.02 bits per heavy atom. The Morgan fingerprint density at radius 2 is 1.41 bits per heavy atom. The van der Waals surface area contributed by atoms with Crippen LogP contribution in [0.3, 0.4) is 0 Å². The van der Waals surface area contributed by atoms with Gasteiger partial charge in [0.05, 0.1) is 33.0 Å². The zero-order chi connectivity index (χ0) is 44.2. The molecule has 0 aromatic heterocycles. The molecule has 1 saturated carbocycles. The van der Waals surface area contributed by atoms with E-state index in [2.05, 4.69) is 64.3 Å². The molecule has 336 valence electrons. The van der Waals surface area contributed by atoms with E-state index in [0.29, 0.717) is 62.6 Å². The van der Waals surface area contributed by atoms with Gasteiger partial charge < -0.3 is 24.4 Å². The molecule has 0 bridgehead atoms. The van der Waals surface area contributed by atoms with Crippen molar-refractivity contribution in [3.8, 4) is 28.0 Å². The summed E-state index contributed by atoms with van der Waals surface area (Å²) in [5.41, 5.74) is 8.64. The number of halogens is 1. The van der Waals surface area contributed by atoms with Gasteiger partial charge in [0.15, 0.2) is 0 Å². The summed E-state index contributed by atoms with van der Waals surface area (Å²) < 4.78 is 34.1. The standard InChI is InChI=1S/C54H77FO6/c1-8-11-13-16-41-19-21-43(22-20-41)44-23-26-50(51(55)35-44)45-24-25-49(42(10-3)32-45)48-33-46(17-14-29-59-36-39(4)5)52(47(34-48)18-15-30-61-53(58)40(6)7)60-31-28-54(37-56,38-57)27-12-9-2/h23-26,32-35,41,43,56-57H,4,6,8-22,27-31,36-38H2,1-3,5,7H3. The van der Waals surface area contributed by atoms with Crippen LogP contribution in [0.15, 0.2) is 72.8 Å². The van der Waals surface area contributed by atoms with Crippen molar-refractivity contribution in [3.05, 3.63) is 101 Å². The maximum atomic E-state index is 16.0. The van der Waals surface area contributed by atoms with E-state index >= 15 is 4.39 Å². The third kappa shape index (κ3) is 15.2. The highest BCUT2D eigenvalue weighted by Crippen LogP contribution is 2.41. The quantitative estimate of drug-likeness (QED) is 0.0328. The molecule has 0 atom stereocenters. The normalized spacial score (nSPS) is 15.5. The number of unbranched alkanes of at least 4 members (excludes halogenated alkanes) is 3. The van der Waals surface area contributed by atoms with Crippen LogP contribution in [-0.2, 0) is 33.5 Å². The lowest BCUT2D eigenvalue weighted by molar-refractivity contribution is -0.139. The van der Waals surface area contributed by atoms with E-state index in [-0.39, 0.29) is 25.6 Å². The predicted octanol–water partition coefficient (Wildman–Crippen LogP) is 13.1. The second kappa shape index (κ2) is 26.0. The van der Waals surface area contributed by atoms with Crippen LogP contribution in [0.25, 0.3) is 22.3 Å². The average Bonchev–Trinajstić information content (AvgIpc) is 3.26. The molecule has 2 N–H and O–H groups in total. The minimum Gasteiger partial charge on any atom is -0.493 e. The van der Waals surface area contributed by atoms with E-state index in [1.807, 2.05) is 19.1 Å². The molecule has 0 amide bonds. The predicted molar refractivity (Wildman–Crippen MR) is 250 cm³/mol. The van der Waals surface area contributed by atoms with Gasteiger partial charge in [0.2, 0.25) is 0 Å². The zero-order valence-electron chi connectivity index (χ0n) is 38.4. The summed E-state index contributed by atoms with van der Waals surface area (Å²) in [5.74, 6) is 1.47. The summed E-state index contributed by atoms with van der Waals surface area (Å²) in [6, 6.07) is 16.6. The van der Waals surface area contributed by atoms with Crippen molar-refractivity contribution < 1.29 is 33.6 Å². The van der Waals surface area contributed by atoms with Gasteiger partial charge in [0.25, 0.3) is 0 Å². The van der Waals surface area contributed by atoms with Crippen LogP contribution in [0.1, 0.15) is 153 Å². The van der Waals surface area contributed by atoms with Crippen molar-refractivity contribution in [2.45, 2.75) is 150 Å². The molecule has 3 aromatic carbocycles. The van der Waals surface area contributed by atoms with Crippen molar-refractivity contribution in [2.75, 3.05) is 39.6 Å². The first-order chi connectivity index (χ1) is 29.5. The number of rotatable bonds is 28. The van der Waals surface area contributed by atoms with Crippen LogP contribution < -0.4 is 4.74 Å². The van der Waals surface area contributed by atoms with Crippen LogP contribution in [0, 0.1) is 17.2 Å². The van der Waals surface area contributed by atoms with E-state index in [1.54, 1.807) is 13.0 Å². The summed E-state index contributed by atoms with van der Waals surface area (Å²) in [6.07, 6.45) is 16.6. The largest absolute Gasteiger partial charge is 0.493 e. The summed E-state index contributed by atoms with van der Waals surface area (Å²) in [6.45, 7) is 19.2. The van der Waals surface area contributed by atoms with E-state index in [4.69, 9.17) is 14.2 Å². The lowest BCUT2D eigenvalue weighted by atomic mass is 9.77. The SMILES string of the molecule is C=C(C)COCCCc1cc(-c2ccc(-c3ccc(C4CCC(CCCCC)CC4)cc3F)cc2CC)cc(CCCOC(=O)C(=C)C)c1OCCC(CO)(CO)CCCC. The molecule has 7 heteroatoms. The smallest absolute Gasteiger partial charge is 0.333 e. The summed E-state index contributed by atoms with van der Waals surface area (Å²) >= 11 is 0. The molecule has 0 heterocycles. The molecule has 0 unspecified atom stereocenters. The number of ether oxygens (including phenoxy) is 3. The molecular formula is C54H77FO6.